The predicted octanol–water partition coefficient (Wildman–Crippen LogP) is 6.88. The number of unbranched alkanes of at least 4 members (excludes halogenated alkanes) is 11. The number of carboxylic acids is 3. The van der Waals surface area contributed by atoms with Gasteiger partial charge in [0, 0.05) is 19.3 Å². The summed E-state index contributed by atoms with van der Waals surface area (Å²) in [7, 11) is 0. The molecule has 0 aromatic carbocycles. The molecule has 0 heterocycles. The van der Waals surface area contributed by atoms with Gasteiger partial charge in [0.25, 0.3) is 0 Å². The zero-order valence-electron chi connectivity index (χ0n) is 25.5. The van der Waals surface area contributed by atoms with Crippen LogP contribution in [0.1, 0.15) is 150 Å². The topological polar surface area (TPSA) is 115 Å². The Balaban J connectivity index is 5.25. The molecule has 0 aliphatic carbocycles. The Kier molecular flexibility index (Phi) is 21.8. The third-order valence-corrected chi connectivity index (χ3v) is 8.08. The van der Waals surface area contributed by atoms with Crippen LogP contribution < -0.4 is 5.11 Å². The van der Waals surface area contributed by atoms with Crippen LogP contribution in [0, 0.1) is 0 Å². The van der Waals surface area contributed by atoms with E-state index >= 15 is 0 Å². The van der Waals surface area contributed by atoms with Gasteiger partial charge in [-0.15, -0.1) is 0 Å². The second-order valence-corrected chi connectivity index (χ2v) is 11.2. The van der Waals surface area contributed by atoms with Crippen molar-refractivity contribution >= 4 is 17.9 Å². The smallest absolute Gasteiger partial charge is 0.362 e. The highest BCUT2D eigenvalue weighted by Gasteiger charge is 2.54. The lowest BCUT2D eigenvalue weighted by molar-refractivity contribution is -0.975. The minimum absolute atomic E-state index is 0.204. The van der Waals surface area contributed by atoms with E-state index in [1.165, 1.54) is 38.5 Å². The quantitative estimate of drug-likeness (QED) is 0.0651. The van der Waals surface area contributed by atoms with Gasteiger partial charge in [0.2, 0.25) is 0 Å². The molecule has 2 N–H and O–H groups in total. The van der Waals surface area contributed by atoms with E-state index in [0.29, 0.717) is 25.7 Å². The molecule has 7 nitrogen and oxygen atoms in total. The highest BCUT2D eigenvalue weighted by atomic mass is 16.4. The number of nitrogens with zero attached hydrogens (tertiary/aromatic N) is 1. The molecular formula is C32H59NO6. The fourth-order valence-corrected chi connectivity index (χ4v) is 6.09. The van der Waals surface area contributed by atoms with Gasteiger partial charge in [-0.1, -0.05) is 91.2 Å². The molecule has 0 saturated carbocycles. The van der Waals surface area contributed by atoms with Crippen molar-refractivity contribution in [1.29, 1.82) is 0 Å². The number of hydrogen-bond donors (Lipinski definition) is 2. The maximum absolute atomic E-state index is 12.5. The second-order valence-electron chi connectivity index (χ2n) is 11.2. The van der Waals surface area contributed by atoms with E-state index < -0.39 is 40.5 Å². The second kappa shape index (κ2) is 22.9. The van der Waals surface area contributed by atoms with E-state index in [1.807, 2.05) is 20.8 Å². The average molecular weight is 554 g/mol. The molecule has 0 radical (unpaired) electrons. The van der Waals surface area contributed by atoms with Crippen LogP contribution in [0.15, 0.2) is 12.2 Å². The van der Waals surface area contributed by atoms with Crippen molar-refractivity contribution in [1.82, 2.24) is 0 Å². The Morgan fingerprint density at radius 3 is 1.36 bits per heavy atom. The van der Waals surface area contributed by atoms with Crippen molar-refractivity contribution < 1.29 is 34.2 Å². The average Bonchev–Trinajstić information content (AvgIpc) is 2.89. The van der Waals surface area contributed by atoms with E-state index in [-0.39, 0.29) is 25.8 Å². The first kappa shape index (κ1) is 37.1. The fourth-order valence-electron chi connectivity index (χ4n) is 6.09. The summed E-state index contributed by atoms with van der Waals surface area (Å²) in [6.45, 7) is 8.02. The van der Waals surface area contributed by atoms with Crippen molar-refractivity contribution in [3.05, 3.63) is 12.2 Å². The zero-order valence-corrected chi connectivity index (χ0v) is 25.5. The molecule has 0 spiro atoms. The summed E-state index contributed by atoms with van der Waals surface area (Å²) in [5.74, 6) is -3.57. The number of rotatable bonds is 27. The van der Waals surface area contributed by atoms with Gasteiger partial charge in [-0.3, -0.25) is 4.48 Å². The molecule has 0 amide bonds. The monoisotopic (exact) mass is 553 g/mol. The standard InChI is InChI=1S/C32H59NO6/c1-5-9-10-11-12-13-14-15-16-17-18-19-20-21-22-26-33(27(23-6-2)30(34)35,28(24-7-3)31(36)37)29(25-8-4)32(38)39/h14-15,27-29H,5-13,16-26H2,1-4H3,(H2-,34,35,36,37,38,39)/b15-14+. The Morgan fingerprint density at radius 1 is 0.590 bits per heavy atom. The number of aliphatic carboxylic acids is 3. The Morgan fingerprint density at radius 2 is 0.974 bits per heavy atom. The first-order valence-electron chi connectivity index (χ1n) is 15.9. The van der Waals surface area contributed by atoms with Crippen LogP contribution in [0.4, 0.5) is 0 Å². The minimum atomic E-state index is -1.34. The first-order chi connectivity index (χ1) is 18.7. The molecule has 0 aliphatic rings. The number of quaternary nitrogens is 1. The van der Waals surface area contributed by atoms with Gasteiger partial charge in [-0.2, -0.15) is 0 Å². The molecule has 7 heteroatoms. The summed E-state index contributed by atoms with van der Waals surface area (Å²) < 4.78 is -0.439. The third kappa shape index (κ3) is 13.8. The fraction of sp³-hybridized carbons (Fsp3) is 0.844. The third-order valence-electron chi connectivity index (χ3n) is 8.08. The molecule has 3 atom stereocenters. The minimum Gasteiger partial charge on any atom is -0.544 e. The molecular weight excluding hydrogens is 494 g/mol. The molecule has 0 aromatic rings. The van der Waals surface area contributed by atoms with Crippen LogP contribution >= 0.6 is 0 Å². The molecule has 0 aliphatic heterocycles. The summed E-state index contributed by atoms with van der Waals surface area (Å²) in [4.78, 5) is 37.5. The van der Waals surface area contributed by atoms with Crippen LogP contribution in [0.3, 0.4) is 0 Å². The van der Waals surface area contributed by atoms with Gasteiger partial charge in [-0.25, -0.2) is 9.59 Å². The molecule has 0 aromatic heterocycles. The van der Waals surface area contributed by atoms with Gasteiger partial charge < -0.3 is 20.1 Å². The van der Waals surface area contributed by atoms with Crippen LogP contribution in [0.2, 0.25) is 0 Å². The Bertz CT molecular complexity index is 632. The SMILES string of the molecule is CCCCCCC/C=C/CCCCCCCC[N+](C(CCC)C(=O)[O-])(C(CCC)C(=O)O)C(CCC)C(=O)O. The number of hydrogen-bond acceptors (Lipinski definition) is 4. The number of carboxylic acid groups (broad SMARTS) is 3. The molecule has 0 bridgehead atoms. The summed E-state index contributed by atoms with van der Waals surface area (Å²) >= 11 is 0. The van der Waals surface area contributed by atoms with E-state index in [2.05, 4.69) is 19.1 Å². The molecule has 39 heavy (non-hydrogen) atoms. The lowest BCUT2D eigenvalue weighted by Crippen LogP contribution is -2.74. The van der Waals surface area contributed by atoms with E-state index in [9.17, 15) is 29.7 Å². The van der Waals surface area contributed by atoms with Gasteiger partial charge in [0.1, 0.15) is 6.04 Å². The Hall–Kier alpha value is -1.89. The first-order valence-corrected chi connectivity index (χ1v) is 15.9. The molecule has 228 valence electrons. The lowest BCUT2D eigenvalue weighted by Gasteiger charge is -2.52. The van der Waals surface area contributed by atoms with E-state index in [0.717, 1.165) is 38.5 Å². The molecule has 3 unspecified atom stereocenters. The summed E-state index contributed by atoms with van der Waals surface area (Å²) in [6, 6.07) is -3.33. The number of carbonyl (C=O) groups is 3. The lowest BCUT2D eigenvalue weighted by atomic mass is 9.91. The number of carbonyl (C=O) groups excluding carboxylic acids is 1. The van der Waals surface area contributed by atoms with Gasteiger partial charge in [-0.05, 0) is 51.4 Å². The van der Waals surface area contributed by atoms with Gasteiger partial charge in [0.05, 0.1) is 12.5 Å². The predicted molar refractivity (Wildman–Crippen MR) is 156 cm³/mol. The van der Waals surface area contributed by atoms with Gasteiger partial charge in [0.15, 0.2) is 12.1 Å². The van der Waals surface area contributed by atoms with Crippen molar-refractivity contribution in [2.24, 2.45) is 0 Å². The van der Waals surface area contributed by atoms with Crippen LogP contribution in [-0.2, 0) is 14.4 Å². The largest absolute Gasteiger partial charge is 0.544 e. The van der Waals surface area contributed by atoms with Crippen molar-refractivity contribution in [2.45, 2.75) is 168 Å². The van der Waals surface area contributed by atoms with Crippen molar-refractivity contribution in [3.63, 3.8) is 0 Å². The van der Waals surface area contributed by atoms with Crippen molar-refractivity contribution in [2.75, 3.05) is 6.54 Å². The normalized spacial score (nSPS) is 15.6. The van der Waals surface area contributed by atoms with Crippen molar-refractivity contribution in [3.8, 4) is 0 Å². The van der Waals surface area contributed by atoms with Crippen LogP contribution in [0.5, 0.6) is 0 Å². The Labute approximate surface area is 238 Å². The maximum atomic E-state index is 12.5. The maximum Gasteiger partial charge on any atom is 0.362 e. The zero-order chi connectivity index (χ0) is 29.5. The highest BCUT2D eigenvalue weighted by molar-refractivity contribution is 5.77. The van der Waals surface area contributed by atoms with Gasteiger partial charge >= 0.3 is 11.9 Å². The number of allylic oxidation sites excluding steroid dienone is 2. The summed E-state index contributed by atoms with van der Waals surface area (Å²) in [5.41, 5.74) is 0. The van der Waals surface area contributed by atoms with Crippen LogP contribution in [0.25, 0.3) is 0 Å². The van der Waals surface area contributed by atoms with E-state index in [4.69, 9.17) is 0 Å². The van der Waals surface area contributed by atoms with E-state index in [1.54, 1.807) is 0 Å². The van der Waals surface area contributed by atoms with Crippen LogP contribution in [-0.4, -0.2) is 57.3 Å². The molecule has 0 rings (SSSR count). The molecule has 0 saturated heterocycles. The molecule has 0 fully saturated rings. The highest BCUT2D eigenvalue weighted by Crippen LogP contribution is 2.34. The summed E-state index contributed by atoms with van der Waals surface area (Å²) in [5, 5.41) is 32.9. The summed E-state index contributed by atoms with van der Waals surface area (Å²) in [6.07, 6.45) is 21.4.